The zero-order chi connectivity index (χ0) is 14.0. The Kier molecular flexibility index (Phi) is 4.76. The van der Waals surface area contributed by atoms with E-state index in [1.165, 1.54) is 5.69 Å². The predicted molar refractivity (Wildman–Crippen MR) is 82.5 cm³/mol. The maximum atomic E-state index is 6.32. The van der Waals surface area contributed by atoms with Crippen LogP contribution in [0.2, 0.25) is 0 Å². The van der Waals surface area contributed by atoms with Crippen molar-refractivity contribution in [1.82, 2.24) is 14.8 Å². The molecule has 4 nitrogen and oxygen atoms in total. The number of aryl methyl sites for hydroxylation is 3. The fourth-order valence-corrected chi connectivity index (χ4v) is 3.71. The average Bonchev–Trinajstić information content (AvgIpc) is 2.95. The Labute approximate surface area is 126 Å². The van der Waals surface area contributed by atoms with Crippen molar-refractivity contribution >= 4 is 27.3 Å². The summed E-state index contributed by atoms with van der Waals surface area (Å²) in [5.41, 5.74) is 11.5. The smallest absolute Gasteiger partial charge is 0.0798 e. The Morgan fingerprint density at radius 2 is 2.21 bits per heavy atom. The third-order valence-electron chi connectivity index (χ3n) is 3.23. The second-order valence-electron chi connectivity index (χ2n) is 4.49. The summed E-state index contributed by atoms with van der Waals surface area (Å²) in [6.45, 7) is 7.09. The highest BCUT2D eigenvalue weighted by Gasteiger charge is 2.19. The summed E-state index contributed by atoms with van der Waals surface area (Å²) in [6, 6.07) is -0.0180. The molecule has 19 heavy (non-hydrogen) atoms. The summed E-state index contributed by atoms with van der Waals surface area (Å²) < 4.78 is 3.15. The minimum Gasteiger partial charge on any atom is -0.323 e. The van der Waals surface area contributed by atoms with Crippen molar-refractivity contribution in [2.24, 2.45) is 5.73 Å². The van der Waals surface area contributed by atoms with Gasteiger partial charge in [-0.05, 0) is 36.2 Å². The molecule has 0 aliphatic carbocycles. The largest absolute Gasteiger partial charge is 0.323 e. The van der Waals surface area contributed by atoms with Crippen molar-refractivity contribution in [2.75, 3.05) is 0 Å². The van der Waals surface area contributed by atoms with E-state index in [1.807, 2.05) is 17.1 Å². The number of rotatable bonds is 5. The molecule has 0 fully saturated rings. The quantitative estimate of drug-likeness (QED) is 0.907. The van der Waals surface area contributed by atoms with Gasteiger partial charge in [-0.3, -0.25) is 4.68 Å². The highest BCUT2D eigenvalue weighted by atomic mass is 79.9. The van der Waals surface area contributed by atoms with Crippen molar-refractivity contribution < 1.29 is 0 Å². The lowest BCUT2D eigenvalue weighted by molar-refractivity contribution is 0.586. The molecule has 1 atom stereocenters. The van der Waals surface area contributed by atoms with E-state index in [1.54, 1.807) is 11.3 Å². The lowest BCUT2D eigenvalue weighted by Crippen LogP contribution is -2.16. The normalized spacial score (nSPS) is 12.9. The van der Waals surface area contributed by atoms with Crippen LogP contribution in [0.4, 0.5) is 0 Å². The zero-order valence-electron chi connectivity index (χ0n) is 11.5. The van der Waals surface area contributed by atoms with E-state index in [9.17, 15) is 0 Å². The van der Waals surface area contributed by atoms with Gasteiger partial charge in [-0.2, -0.15) is 5.10 Å². The van der Waals surface area contributed by atoms with Gasteiger partial charge in [-0.15, -0.1) is 11.3 Å². The molecule has 0 bridgehead atoms. The predicted octanol–water partition coefficient (Wildman–Crippen LogP) is 3.24. The fraction of sp³-hybridized carbons (Fsp3) is 0.538. The SMILES string of the molecule is CCc1nn(CC)c(CC(N)c2scnc2C)c1Br. The minimum atomic E-state index is -0.0180. The Morgan fingerprint density at radius 3 is 2.74 bits per heavy atom. The first kappa shape index (κ1) is 14.7. The second-order valence-corrected chi connectivity index (χ2v) is 6.17. The third kappa shape index (κ3) is 2.90. The molecule has 0 saturated carbocycles. The van der Waals surface area contributed by atoms with Gasteiger partial charge in [0.2, 0.25) is 0 Å². The monoisotopic (exact) mass is 342 g/mol. The maximum absolute atomic E-state index is 6.32. The molecular formula is C13H19BrN4S. The van der Waals surface area contributed by atoms with E-state index in [4.69, 9.17) is 5.73 Å². The van der Waals surface area contributed by atoms with Crippen LogP contribution in [-0.4, -0.2) is 14.8 Å². The van der Waals surface area contributed by atoms with Crippen molar-refractivity contribution in [3.63, 3.8) is 0 Å². The van der Waals surface area contributed by atoms with Gasteiger partial charge in [0, 0.05) is 23.9 Å². The Balaban J connectivity index is 2.28. The first-order chi connectivity index (χ1) is 9.08. The second kappa shape index (κ2) is 6.15. The minimum absolute atomic E-state index is 0.0180. The highest BCUT2D eigenvalue weighted by molar-refractivity contribution is 9.10. The number of nitrogens with two attached hydrogens (primary N) is 1. The van der Waals surface area contributed by atoms with E-state index in [2.05, 4.69) is 39.9 Å². The molecule has 0 radical (unpaired) electrons. The summed E-state index contributed by atoms with van der Waals surface area (Å²) in [6.07, 6.45) is 1.71. The van der Waals surface area contributed by atoms with Gasteiger partial charge in [0.25, 0.3) is 0 Å². The molecule has 1 unspecified atom stereocenters. The van der Waals surface area contributed by atoms with Crippen molar-refractivity contribution in [3.05, 3.63) is 31.9 Å². The van der Waals surface area contributed by atoms with Gasteiger partial charge in [0.15, 0.2) is 0 Å². The van der Waals surface area contributed by atoms with Crippen LogP contribution < -0.4 is 5.73 Å². The number of nitrogens with zero attached hydrogens (tertiary/aromatic N) is 3. The van der Waals surface area contributed by atoms with Gasteiger partial charge in [-0.25, -0.2) is 4.98 Å². The summed E-state index contributed by atoms with van der Waals surface area (Å²) in [4.78, 5) is 5.43. The van der Waals surface area contributed by atoms with Crippen LogP contribution in [0.5, 0.6) is 0 Å². The van der Waals surface area contributed by atoms with Crippen LogP contribution in [0.1, 0.15) is 41.8 Å². The van der Waals surface area contributed by atoms with E-state index < -0.39 is 0 Å². The summed E-state index contributed by atoms with van der Waals surface area (Å²) in [7, 11) is 0. The molecule has 0 aliphatic rings. The van der Waals surface area contributed by atoms with E-state index in [0.717, 1.165) is 40.1 Å². The van der Waals surface area contributed by atoms with Gasteiger partial charge >= 0.3 is 0 Å². The summed E-state index contributed by atoms with van der Waals surface area (Å²) >= 11 is 5.29. The molecule has 0 spiro atoms. The van der Waals surface area contributed by atoms with Crippen LogP contribution in [0.25, 0.3) is 0 Å². The van der Waals surface area contributed by atoms with Gasteiger partial charge in [-0.1, -0.05) is 6.92 Å². The summed E-state index contributed by atoms with van der Waals surface area (Å²) in [5.74, 6) is 0. The lowest BCUT2D eigenvalue weighted by Gasteiger charge is -2.12. The molecule has 6 heteroatoms. The van der Waals surface area contributed by atoms with Crippen LogP contribution in [0.3, 0.4) is 0 Å². The van der Waals surface area contributed by atoms with Gasteiger partial charge in [0.1, 0.15) is 0 Å². The Morgan fingerprint density at radius 1 is 1.47 bits per heavy atom. The van der Waals surface area contributed by atoms with Crippen LogP contribution in [0, 0.1) is 6.92 Å². The fourth-order valence-electron chi connectivity index (χ4n) is 2.18. The number of thiazole rings is 1. The molecule has 0 amide bonds. The first-order valence-corrected chi connectivity index (χ1v) is 8.15. The molecule has 0 aliphatic heterocycles. The van der Waals surface area contributed by atoms with Gasteiger partial charge < -0.3 is 5.73 Å². The van der Waals surface area contributed by atoms with E-state index >= 15 is 0 Å². The number of hydrogen-bond donors (Lipinski definition) is 1. The molecular weight excluding hydrogens is 324 g/mol. The Hall–Kier alpha value is -0.720. The average molecular weight is 343 g/mol. The first-order valence-electron chi connectivity index (χ1n) is 6.48. The number of aromatic nitrogens is 3. The standard InChI is InChI=1S/C13H19BrN4S/c1-4-10-12(14)11(18(5-2)17-10)6-9(15)13-8(3)16-7-19-13/h7,9H,4-6,15H2,1-3H3. The van der Waals surface area contributed by atoms with Crippen molar-refractivity contribution in [1.29, 1.82) is 0 Å². The zero-order valence-corrected chi connectivity index (χ0v) is 13.9. The maximum Gasteiger partial charge on any atom is 0.0798 e. The molecule has 0 saturated heterocycles. The molecule has 2 aromatic rings. The molecule has 2 rings (SSSR count). The molecule has 2 N–H and O–H groups in total. The van der Waals surface area contributed by atoms with Gasteiger partial charge in [0.05, 0.1) is 27.1 Å². The molecule has 2 aromatic heterocycles. The summed E-state index contributed by atoms with van der Waals surface area (Å²) in [5, 5.41) is 4.61. The highest BCUT2D eigenvalue weighted by Crippen LogP contribution is 2.28. The lowest BCUT2D eigenvalue weighted by atomic mass is 10.1. The topological polar surface area (TPSA) is 56.7 Å². The number of hydrogen-bond acceptors (Lipinski definition) is 4. The molecule has 2 heterocycles. The van der Waals surface area contributed by atoms with Crippen molar-refractivity contribution in [3.8, 4) is 0 Å². The Bertz CT molecular complexity index is 561. The van der Waals surface area contributed by atoms with E-state index in [-0.39, 0.29) is 6.04 Å². The van der Waals surface area contributed by atoms with Crippen LogP contribution >= 0.6 is 27.3 Å². The van der Waals surface area contributed by atoms with Crippen LogP contribution in [0.15, 0.2) is 9.98 Å². The van der Waals surface area contributed by atoms with E-state index in [0.29, 0.717) is 0 Å². The van der Waals surface area contributed by atoms with Crippen molar-refractivity contribution in [2.45, 2.75) is 46.2 Å². The number of halogens is 1. The van der Waals surface area contributed by atoms with Crippen LogP contribution in [-0.2, 0) is 19.4 Å². The molecule has 0 aromatic carbocycles. The molecule has 104 valence electrons. The third-order valence-corrected chi connectivity index (χ3v) is 5.21.